The monoisotopic (exact) mass is 320 g/mol. The molecule has 1 aliphatic heterocycles. The van der Waals surface area contributed by atoms with Gasteiger partial charge in [0.2, 0.25) is 0 Å². The number of hydrogen-bond donors (Lipinski definition) is 2. The minimum atomic E-state index is -0.156. The second-order valence-electron chi connectivity index (χ2n) is 5.46. The van der Waals surface area contributed by atoms with Gasteiger partial charge >= 0.3 is 0 Å². The van der Waals surface area contributed by atoms with Crippen molar-refractivity contribution in [1.82, 2.24) is 10.6 Å². The highest BCUT2D eigenvalue weighted by Crippen LogP contribution is 2.18. The summed E-state index contributed by atoms with van der Waals surface area (Å²) in [6.07, 6.45) is 0.803. The van der Waals surface area contributed by atoms with Crippen molar-refractivity contribution in [2.75, 3.05) is 0 Å². The first kappa shape index (κ1) is 16.6. The van der Waals surface area contributed by atoms with Crippen LogP contribution in [0.3, 0.4) is 0 Å². The average molecular weight is 321 g/mol. The molecule has 2 aromatic rings. The molecule has 0 saturated carbocycles. The Morgan fingerprint density at radius 1 is 1.27 bits per heavy atom. The van der Waals surface area contributed by atoms with Crippen molar-refractivity contribution >= 4 is 18.3 Å². The third kappa shape index (κ3) is 3.34. The SMILES string of the molecule is CCc1oc(C(=O)NCc2ccc3c(c2)CNC3)cc1C.Cl. The maximum absolute atomic E-state index is 12.1. The molecule has 2 heterocycles. The number of carbonyl (C=O) groups excluding carboxylic acids is 1. The molecule has 3 rings (SSSR count). The van der Waals surface area contributed by atoms with Crippen molar-refractivity contribution < 1.29 is 9.21 Å². The Hall–Kier alpha value is -1.78. The molecular formula is C17H21ClN2O2. The number of aryl methyl sites for hydroxylation is 2. The van der Waals surface area contributed by atoms with Gasteiger partial charge in [-0.1, -0.05) is 25.1 Å². The molecule has 1 aromatic carbocycles. The van der Waals surface area contributed by atoms with Crippen LogP contribution in [0.5, 0.6) is 0 Å². The van der Waals surface area contributed by atoms with Crippen LogP contribution in [0, 0.1) is 6.92 Å². The molecule has 5 heteroatoms. The van der Waals surface area contributed by atoms with Gasteiger partial charge in [-0.05, 0) is 35.2 Å². The molecule has 0 unspecified atom stereocenters. The van der Waals surface area contributed by atoms with Crippen LogP contribution in [0.4, 0.5) is 0 Å². The maximum atomic E-state index is 12.1. The first-order valence-electron chi connectivity index (χ1n) is 7.36. The van der Waals surface area contributed by atoms with Crippen LogP contribution in [0.15, 0.2) is 28.7 Å². The zero-order valence-electron chi connectivity index (χ0n) is 12.9. The summed E-state index contributed by atoms with van der Waals surface area (Å²) in [7, 11) is 0. The van der Waals surface area contributed by atoms with Gasteiger partial charge < -0.3 is 15.1 Å². The van der Waals surface area contributed by atoms with Gasteiger partial charge in [0.25, 0.3) is 5.91 Å². The molecule has 1 aliphatic rings. The van der Waals surface area contributed by atoms with Crippen LogP contribution >= 0.6 is 12.4 Å². The number of nitrogens with one attached hydrogen (secondary N) is 2. The van der Waals surface area contributed by atoms with E-state index in [1.807, 2.05) is 13.8 Å². The zero-order valence-corrected chi connectivity index (χ0v) is 13.7. The van der Waals surface area contributed by atoms with E-state index in [0.717, 1.165) is 36.4 Å². The lowest BCUT2D eigenvalue weighted by atomic mass is 10.1. The fourth-order valence-corrected chi connectivity index (χ4v) is 2.71. The van der Waals surface area contributed by atoms with E-state index in [4.69, 9.17) is 4.42 Å². The van der Waals surface area contributed by atoms with E-state index >= 15 is 0 Å². The normalized spacial score (nSPS) is 12.6. The molecule has 0 aliphatic carbocycles. The highest BCUT2D eigenvalue weighted by molar-refractivity contribution is 5.91. The van der Waals surface area contributed by atoms with Crippen molar-refractivity contribution in [3.05, 3.63) is 58.0 Å². The first-order chi connectivity index (χ1) is 10.2. The molecule has 22 heavy (non-hydrogen) atoms. The Morgan fingerprint density at radius 3 is 2.77 bits per heavy atom. The highest BCUT2D eigenvalue weighted by Gasteiger charge is 2.14. The molecule has 118 valence electrons. The number of furan rings is 1. The standard InChI is InChI=1S/C17H20N2O2.ClH/c1-3-15-11(2)6-16(21-15)17(20)19-8-12-4-5-13-9-18-10-14(13)7-12;/h4-7,18H,3,8-10H2,1-2H3,(H,19,20);1H. The molecule has 0 radical (unpaired) electrons. The van der Waals surface area contributed by atoms with Crippen LogP contribution in [-0.2, 0) is 26.1 Å². The number of halogens is 1. The van der Waals surface area contributed by atoms with E-state index in [1.54, 1.807) is 6.07 Å². The molecule has 4 nitrogen and oxygen atoms in total. The minimum Gasteiger partial charge on any atom is -0.456 e. The average Bonchev–Trinajstić information content (AvgIpc) is 3.10. The Labute approximate surface area is 136 Å². The van der Waals surface area contributed by atoms with E-state index in [2.05, 4.69) is 28.8 Å². The summed E-state index contributed by atoms with van der Waals surface area (Å²) in [6.45, 7) is 6.35. The van der Waals surface area contributed by atoms with Crippen molar-refractivity contribution in [3.63, 3.8) is 0 Å². The van der Waals surface area contributed by atoms with E-state index in [-0.39, 0.29) is 18.3 Å². The van der Waals surface area contributed by atoms with Gasteiger partial charge in [-0.15, -0.1) is 12.4 Å². The Balaban J connectivity index is 0.00000176. The first-order valence-corrected chi connectivity index (χ1v) is 7.36. The number of carbonyl (C=O) groups is 1. The number of fused-ring (bicyclic) bond motifs is 1. The van der Waals surface area contributed by atoms with E-state index in [9.17, 15) is 4.79 Å². The molecule has 1 aromatic heterocycles. The quantitative estimate of drug-likeness (QED) is 0.910. The fraction of sp³-hybridized carbons (Fsp3) is 0.353. The van der Waals surface area contributed by atoms with Crippen LogP contribution in [0.1, 0.15) is 45.5 Å². The lowest BCUT2D eigenvalue weighted by molar-refractivity contribution is 0.0921. The summed E-state index contributed by atoms with van der Waals surface area (Å²) in [5.41, 5.74) is 4.82. The van der Waals surface area contributed by atoms with Gasteiger partial charge in [0.05, 0.1) is 0 Å². The van der Waals surface area contributed by atoms with Crippen molar-refractivity contribution in [3.8, 4) is 0 Å². The largest absolute Gasteiger partial charge is 0.456 e. The number of rotatable bonds is 4. The summed E-state index contributed by atoms with van der Waals surface area (Å²) >= 11 is 0. The lowest BCUT2D eigenvalue weighted by Gasteiger charge is -2.06. The van der Waals surface area contributed by atoms with Gasteiger partial charge in [-0.3, -0.25) is 4.79 Å². The number of benzene rings is 1. The summed E-state index contributed by atoms with van der Waals surface area (Å²) in [5, 5.41) is 6.24. The van der Waals surface area contributed by atoms with Crippen LogP contribution in [0.2, 0.25) is 0 Å². The molecular weight excluding hydrogens is 300 g/mol. The predicted molar refractivity (Wildman–Crippen MR) is 88.2 cm³/mol. The Kier molecular flexibility index (Phi) is 5.27. The maximum Gasteiger partial charge on any atom is 0.287 e. The topological polar surface area (TPSA) is 54.3 Å². The minimum absolute atomic E-state index is 0. The number of amides is 1. The van der Waals surface area contributed by atoms with E-state index in [0.29, 0.717) is 12.3 Å². The van der Waals surface area contributed by atoms with Gasteiger partial charge in [0.1, 0.15) is 5.76 Å². The highest BCUT2D eigenvalue weighted by atomic mass is 35.5. The van der Waals surface area contributed by atoms with Gasteiger partial charge in [-0.2, -0.15) is 0 Å². The van der Waals surface area contributed by atoms with Gasteiger partial charge in [0.15, 0.2) is 5.76 Å². The summed E-state index contributed by atoms with van der Waals surface area (Å²) < 4.78 is 5.57. The van der Waals surface area contributed by atoms with Crippen molar-refractivity contribution in [1.29, 1.82) is 0 Å². The van der Waals surface area contributed by atoms with Crippen LogP contribution in [0.25, 0.3) is 0 Å². The fourth-order valence-electron chi connectivity index (χ4n) is 2.71. The van der Waals surface area contributed by atoms with E-state index in [1.165, 1.54) is 11.1 Å². The van der Waals surface area contributed by atoms with Gasteiger partial charge in [0, 0.05) is 26.1 Å². The molecule has 0 bridgehead atoms. The van der Waals surface area contributed by atoms with Crippen LogP contribution in [-0.4, -0.2) is 5.91 Å². The lowest BCUT2D eigenvalue weighted by Crippen LogP contribution is -2.22. The van der Waals surface area contributed by atoms with Gasteiger partial charge in [-0.25, -0.2) is 0 Å². The Bertz CT molecular complexity index is 679. The Morgan fingerprint density at radius 2 is 2.05 bits per heavy atom. The second-order valence-corrected chi connectivity index (χ2v) is 5.46. The molecule has 0 atom stereocenters. The van der Waals surface area contributed by atoms with Crippen molar-refractivity contribution in [2.24, 2.45) is 0 Å². The second kappa shape index (κ2) is 6.99. The molecule has 0 saturated heterocycles. The zero-order chi connectivity index (χ0) is 14.8. The summed E-state index contributed by atoms with van der Waals surface area (Å²) in [4.78, 5) is 12.1. The third-order valence-corrected chi connectivity index (χ3v) is 3.92. The molecule has 0 fully saturated rings. The van der Waals surface area contributed by atoms with E-state index < -0.39 is 0 Å². The summed E-state index contributed by atoms with van der Waals surface area (Å²) in [6, 6.07) is 8.15. The summed E-state index contributed by atoms with van der Waals surface area (Å²) in [5.74, 6) is 1.12. The number of hydrogen-bond acceptors (Lipinski definition) is 3. The predicted octanol–water partition coefficient (Wildman–Crippen LogP) is 3.11. The van der Waals surface area contributed by atoms with Crippen molar-refractivity contribution in [2.45, 2.75) is 39.9 Å². The smallest absolute Gasteiger partial charge is 0.287 e. The molecule has 1 amide bonds. The third-order valence-electron chi connectivity index (χ3n) is 3.92. The molecule has 0 spiro atoms. The van der Waals surface area contributed by atoms with Crippen LogP contribution < -0.4 is 10.6 Å². The molecule has 2 N–H and O–H groups in total.